The van der Waals surface area contributed by atoms with Crippen LogP contribution in [0.15, 0.2) is 29.7 Å². The third-order valence-corrected chi connectivity index (χ3v) is 6.42. The summed E-state index contributed by atoms with van der Waals surface area (Å²) in [5.74, 6) is 1.84. The molecule has 1 aliphatic heterocycles. The Labute approximate surface area is 143 Å². The zero-order valence-corrected chi connectivity index (χ0v) is 14.8. The van der Waals surface area contributed by atoms with Gasteiger partial charge in [0.2, 0.25) is 0 Å². The van der Waals surface area contributed by atoms with E-state index >= 15 is 0 Å². The molecule has 2 aromatic heterocycles. The molecule has 3 rings (SSSR count). The number of aryl methyl sites for hydroxylation is 1. The van der Waals surface area contributed by atoms with Crippen LogP contribution in [0.3, 0.4) is 0 Å². The van der Waals surface area contributed by atoms with E-state index in [1.807, 2.05) is 35.0 Å². The predicted molar refractivity (Wildman–Crippen MR) is 91.9 cm³/mol. The SMILES string of the molecule is Cn1ccnc1SCC1CCN(C(=O)c2ccc(Cl)s2)CC1. The van der Waals surface area contributed by atoms with Gasteiger partial charge in [0, 0.05) is 38.3 Å². The van der Waals surface area contributed by atoms with Gasteiger partial charge in [-0.15, -0.1) is 11.3 Å². The van der Waals surface area contributed by atoms with Crippen LogP contribution >= 0.6 is 34.7 Å². The molecule has 3 heterocycles. The predicted octanol–water partition coefficient (Wildman–Crippen LogP) is 3.78. The first-order valence-electron chi connectivity index (χ1n) is 7.28. The van der Waals surface area contributed by atoms with Crippen LogP contribution in [-0.2, 0) is 7.05 Å². The zero-order chi connectivity index (χ0) is 15.5. The molecule has 0 atom stereocenters. The van der Waals surface area contributed by atoms with Crippen molar-refractivity contribution in [1.29, 1.82) is 0 Å². The molecule has 7 heteroatoms. The second kappa shape index (κ2) is 7.06. The summed E-state index contributed by atoms with van der Waals surface area (Å²) in [7, 11) is 2.02. The molecule has 1 aliphatic rings. The topological polar surface area (TPSA) is 38.1 Å². The van der Waals surface area contributed by atoms with Gasteiger partial charge in [-0.1, -0.05) is 23.4 Å². The van der Waals surface area contributed by atoms with Gasteiger partial charge in [0.1, 0.15) is 0 Å². The molecule has 0 bridgehead atoms. The Kier molecular flexibility index (Phi) is 5.10. The number of halogens is 1. The Balaban J connectivity index is 1.48. The lowest BCUT2D eigenvalue weighted by atomic mass is 9.99. The van der Waals surface area contributed by atoms with Crippen molar-refractivity contribution >= 4 is 40.6 Å². The average molecular weight is 356 g/mol. The second-order valence-corrected chi connectivity index (χ2v) is 8.17. The van der Waals surface area contributed by atoms with E-state index in [-0.39, 0.29) is 5.91 Å². The number of hydrogen-bond donors (Lipinski definition) is 0. The van der Waals surface area contributed by atoms with Gasteiger partial charge in [-0.05, 0) is 30.9 Å². The molecule has 22 heavy (non-hydrogen) atoms. The van der Waals surface area contributed by atoms with Gasteiger partial charge in [-0.2, -0.15) is 0 Å². The first-order chi connectivity index (χ1) is 10.6. The fourth-order valence-electron chi connectivity index (χ4n) is 2.57. The highest BCUT2D eigenvalue weighted by atomic mass is 35.5. The first kappa shape index (κ1) is 15.9. The van der Waals surface area contributed by atoms with Gasteiger partial charge >= 0.3 is 0 Å². The molecular weight excluding hydrogens is 338 g/mol. The Morgan fingerprint density at radius 3 is 2.82 bits per heavy atom. The Bertz CT molecular complexity index is 647. The number of carbonyl (C=O) groups excluding carboxylic acids is 1. The molecule has 0 saturated carbocycles. The molecule has 0 N–H and O–H groups in total. The van der Waals surface area contributed by atoms with Crippen molar-refractivity contribution < 1.29 is 4.79 Å². The molecule has 0 aliphatic carbocycles. The van der Waals surface area contributed by atoms with Gasteiger partial charge in [0.05, 0.1) is 9.21 Å². The number of rotatable bonds is 4. The fraction of sp³-hybridized carbons (Fsp3) is 0.467. The highest BCUT2D eigenvalue weighted by Crippen LogP contribution is 2.28. The first-order valence-corrected chi connectivity index (χ1v) is 9.46. The standard InChI is InChI=1S/C15H18ClN3OS2/c1-18-9-6-17-15(18)21-10-11-4-7-19(8-5-11)14(20)12-2-3-13(16)22-12/h2-3,6,9,11H,4-5,7-8,10H2,1H3. The third kappa shape index (κ3) is 3.67. The van der Waals surface area contributed by atoms with Crippen molar-refractivity contribution in [2.75, 3.05) is 18.8 Å². The van der Waals surface area contributed by atoms with E-state index in [1.54, 1.807) is 17.8 Å². The normalized spacial score (nSPS) is 16.2. The zero-order valence-electron chi connectivity index (χ0n) is 12.4. The molecule has 0 unspecified atom stereocenters. The van der Waals surface area contributed by atoms with Crippen LogP contribution in [0.4, 0.5) is 0 Å². The van der Waals surface area contributed by atoms with Crippen LogP contribution in [-0.4, -0.2) is 39.2 Å². The molecule has 118 valence electrons. The molecule has 1 amide bonds. The summed E-state index contributed by atoms with van der Waals surface area (Å²) in [5, 5.41) is 1.06. The van der Waals surface area contributed by atoms with Crippen molar-refractivity contribution in [2.45, 2.75) is 18.0 Å². The lowest BCUT2D eigenvalue weighted by Gasteiger charge is -2.31. The Morgan fingerprint density at radius 2 is 2.23 bits per heavy atom. The number of amides is 1. The van der Waals surface area contributed by atoms with Crippen molar-refractivity contribution in [1.82, 2.24) is 14.5 Å². The summed E-state index contributed by atoms with van der Waals surface area (Å²) < 4.78 is 2.72. The van der Waals surface area contributed by atoms with Gasteiger partial charge in [-0.3, -0.25) is 4.79 Å². The maximum absolute atomic E-state index is 12.4. The summed E-state index contributed by atoms with van der Waals surface area (Å²) in [6, 6.07) is 3.61. The molecule has 0 radical (unpaired) electrons. The maximum atomic E-state index is 12.4. The van der Waals surface area contributed by atoms with Crippen molar-refractivity contribution in [3.63, 3.8) is 0 Å². The van der Waals surface area contributed by atoms with E-state index < -0.39 is 0 Å². The van der Waals surface area contributed by atoms with E-state index in [2.05, 4.69) is 4.98 Å². The number of nitrogens with zero attached hydrogens (tertiary/aromatic N) is 3. The molecule has 4 nitrogen and oxygen atoms in total. The second-order valence-electron chi connectivity index (χ2n) is 5.47. The number of likely N-dealkylation sites (tertiary alicyclic amines) is 1. The van der Waals surface area contributed by atoms with Gasteiger partial charge in [0.15, 0.2) is 5.16 Å². The summed E-state index contributed by atoms with van der Waals surface area (Å²) >= 11 is 9.07. The minimum absolute atomic E-state index is 0.118. The third-order valence-electron chi connectivity index (χ3n) is 3.91. The lowest BCUT2D eigenvalue weighted by molar-refractivity contribution is 0.0703. The van der Waals surface area contributed by atoms with Gasteiger partial charge in [-0.25, -0.2) is 4.98 Å². The number of hydrogen-bond acceptors (Lipinski definition) is 4. The number of thioether (sulfide) groups is 1. The van der Waals surface area contributed by atoms with Gasteiger partial charge in [0.25, 0.3) is 5.91 Å². The molecule has 1 saturated heterocycles. The van der Waals surface area contributed by atoms with Crippen LogP contribution in [0.2, 0.25) is 4.34 Å². The van der Waals surface area contributed by atoms with Crippen LogP contribution in [0, 0.1) is 5.92 Å². The van der Waals surface area contributed by atoms with Crippen molar-refractivity contribution in [3.05, 3.63) is 33.7 Å². The van der Waals surface area contributed by atoms with E-state index in [1.165, 1.54) is 11.3 Å². The number of carbonyl (C=O) groups is 1. The number of imidazole rings is 1. The number of aromatic nitrogens is 2. The summed E-state index contributed by atoms with van der Waals surface area (Å²) in [5.41, 5.74) is 0. The summed E-state index contributed by atoms with van der Waals surface area (Å²) in [6.07, 6.45) is 5.91. The average Bonchev–Trinajstić information content (AvgIpc) is 3.13. The monoisotopic (exact) mass is 355 g/mol. The molecule has 2 aromatic rings. The van der Waals surface area contributed by atoms with Gasteiger partial charge < -0.3 is 9.47 Å². The smallest absolute Gasteiger partial charge is 0.263 e. The highest BCUT2D eigenvalue weighted by molar-refractivity contribution is 7.99. The Hall–Kier alpha value is -0.980. The summed E-state index contributed by atoms with van der Waals surface area (Å²) in [6.45, 7) is 1.67. The van der Waals surface area contributed by atoms with E-state index in [9.17, 15) is 4.79 Å². The van der Waals surface area contributed by atoms with Crippen molar-refractivity contribution in [2.24, 2.45) is 13.0 Å². The van der Waals surface area contributed by atoms with Crippen LogP contribution in [0.25, 0.3) is 0 Å². The number of thiophene rings is 1. The molecular formula is C15H18ClN3OS2. The molecule has 0 spiro atoms. The lowest BCUT2D eigenvalue weighted by Crippen LogP contribution is -2.38. The summed E-state index contributed by atoms with van der Waals surface area (Å²) in [4.78, 5) is 19.4. The Morgan fingerprint density at radius 1 is 1.45 bits per heavy atom. The minimum Gasteiger partial charge on any atom is -0.338 e. The van der Waals surface area contributed by atoms with E-state index in [0.717, 1.165) is 41.7 Å². The largest absolute Gasteiger partial charge is 0.338 e. The minimum atomic E-state index is 0.118. The number of piperidine rings is 1. The van der Waals surface area contributed by atoms with Crippen LogP contribution in [0.1, 0.15) is 22.5 Å². The van der Waals surface area contributed by atoms with E-state index in [0.29, 0.717) is 10.3 Å². The van der Waals surface area contributed by atoms with E-state index in [4.69, 9.17) is 11.6 Å². The fourth-order valence-corrected chi connectivity index (χ4v) is 4.70. The quantitative estimate of drug-likeness (QED) is 0.783. The van der Waals surface area contributed by atoms with Crippen molar-refractivity contribution in [3.8, 4) is 0 Å². The maximum Gasteiger partial charge on any atom is 0.263 e. The van der Waals surface area contributed by atoms with Crippen LogP contribution < -0.4 is 0 Å². The molecule has 1 fully saturated rings. The molecule has 0 aromatic carbocycles. The highest BCUT2D eigenvalue weighted by Gasteiger charge is 2.24. The van der Waals surface area contributed by atoms with Crippen LogP contribution in [0.5, 0.6) is 0 Å².